The van der Waals surface area contributed by atoms with Gasteiger partial charge in [-0.3, -0.25) is 0 Å². The smallest absolute Gasteiger partial charge is 0.275 e. The Hall–Kier alpha value is -0.860. The molecule has 72 valence electrons. The van der Waals surface area contributed by atoms with E-state index in [9.17, 15) is 8.42 Å². The molecule has 0 radical (unpaired) electrons. The van der Waals surface area contributed by atoms with E-state index in [1.165, 1.54) is 13.8 Å². The molecule has 0 saturated heterocycles. The SMILES string of the molecule is CC(C)(NS(N)(=O)=O)C(N)=NO. The van der Waals surface area contributed by atoms with E-state index in [2.05, 4.69) is 10.3 Å². The molecule has 0 aliphatic rings. The van der Waals surface area contributed by atoms with E-state index in [0.717, 1.165) is 0 Å². The van der Waals surface area contributed by atoms with Crippen molar-refractivity contribution in [3.63, 3.8) is 0 Å². The van der Waals surface area contributed by atoms with Gasteiger partial charge in [0.05, 0.1) is 5.54 Å². The molecule has 0 saturated carbocycles. The van der Waals surface area contributed by atoms with Crippen molar-refractivity contribution in [1.82, 2.24) is 4.72 Å². The molecule has 0 atom stereocenters. The molecule has 0 heterocycles. The number of amidine groups is 1. The van der Waals surface area contributed by atoms with Crippen LogP contribution in [0, 0.1) is 0 Å². The fourth-order valence-electron chi connectivity index (χ4n) is 0.533. The number of hydrogen-bond acceptors (Lipinski definition) is 4. The molecule has 0 aromatic rings. The van der Waals surface area contributed by atoms with Crippen molar-refractivity contribution in [2.75, 3.05) is 0 Å². The van der Waals surface area contributed by atoms with Crippen LogP contribution in [0.1, 0.15) is 13.8 Å². The van der Waals surface area contributed by atoms with E-state index in [0.29, 0.717) is 0 Å². The van der Waals surface area contributed by atoms with Crippen LogP contribution >= 0.6 is 0 Å². The number of hydrogen-bond donors (Lipinski definition) is 4. The normalized spacial score (nSPS) is 14.8. The number of nitrogens with zero attached hydrogens (tertiary/aromatic N) is 1. The summed E-state index contributed by atoms with van der Waals surface area (Å²) >= 11 is 0. The van der Waals surface area contributed by atoms with Crippen LogP contribution in [0.3, 0.4) is 0 Å². The predicted molar refractivity (Wildman–Crippen MR) is 43.7 cm³/mol. The third-order valence-corrected chi connectivity index (χ3v) is 1.94. The Balaban J connectivity index is 4.67. The molecule has 0 unspecified atom stereocenters. The molecule has 8 heteroatoms. The van der Waals surface area contributed by atoms with Gasteiger partial charge in [-0.05, 0) is 13.8 Å². The van der Waals surface area contributed by atoms with Crippen LogP contribution in [0.4, 0.5) is 0 Å². The molecule has 0 aromatic heterocycles. The topological polar surface area (TPSA) is 131 Å². The lowest BCUT2D eigenvalue weighted by Gasteiger charge is -2.22. The Morgan fingerprint density at radius 3 is 2.25 bits per heavy atom. The summed E-state index contributed by atoms with van der Waals surface area (Å²) in [5.74, 6) is -0.267. The lowest BCUT2D eigenvalue weighted by Crippen LogP contribution is -2.54. The maximum atomic E-state index is 10.5. The average Bonchev–Trinajstić information content (AvgIpc) is 1.80. The Labute approximate surface area is 70.6 Å². The molecule has 6 N–H and O–H groups in total. The first-order valence-electron chi connectivity index (χ1n) is 2.99. The highest BCUT2D eigenvalue weighted by Gasteiger charge is 2.27. The second kappa shape index (κ2) is 3.25. The van der Waals surface area contributed by atoms with E-state index < -0.39 is 15.7 Å². The summed E-state index contributed by atoms with van der Waals surface area (Å²) in [6.07, 6.45) is 0. The second-order valence-corrected chi connectivity index (χ2v) is 4.05. The lowest BCUT2D eigenvalue weighted by molar-refractivity contribution is 0.312. The van der Waals surface area contributed by atoms with Crippen molar-refractivity contribution in [3.05, 3.63) is 0 Å². The summed E-state index contributed by atoms with van der Waals surface area (Å²) in [6.45, 7) is 2.82. The van der Waals surface area contributed by atoms with Crippen molar-refractivity contribution < 1.29 is 13.6 Å². The highest BCUT2D eigenvalue weighted by Crippen LogP contribution is 2.02. The highest BCUT2D eigenvalue weighted by molar-refractivity contribution is 7.87. The first-order chi connectivity index (χ1) is 5.19. The summed E-state index contributed by atoms with van der Waals surface area (Å²) in [5, 5.41) is 15.6. The molecule has 0 aliphatic carbocycles. The van der Waals surface area contributed by atoms with E-state index in [1.807, 2.05) is 4.72 Å². The predicted octanol–water partition coefficient (Wildman–Crippen LogP) is -1.70. The maximum absolute atomic E-state index is 10.5. The van der Waals surface area contributed by atoms with Gasteiger partial charge in [0, 0.05) is 0 Å². The standard InChI is InChI=1S/C4H12N4O3S/c1-4(2,3(5)7-9)8-12(6,10)11/h8-9H,1-2H3,(H2,5,7)(H2,6,10,11). The van der Waals surface area contributed by atoms with Crippen LogP contribution in [-0.4, -0.2) is 25.0 Å². The Morgan fingerprint density at radius 1 is 1.58 bits per heavy atom. The summed E-state index contributed by atoms with van der Waals surface area (Å²) in [5.41, 5.74) is 3.98. The summed E-state index contributed by atoms with van der Waals surface area (Å²) < 4.78 is 23.1. The highest BCUT2D eigenvalue weighted by atomic mass is 32.2. The third kappa shape index (κ3) is 3.51. The Bertz CT molecular complexity index is 281. The van der Waals surface area contributed by atoms with Crippen molar-refractivity contribution in [1.29, 1.82) is 0 Å². The molecule has 7 nitrogen and oxygen atoms in total. The van der Waals surface area contributed by atoms with Crippen molar-refractivity contribution >= 4 is 16.0 Å². The van der Waals surface area contributed by atoms with E-state index in [-0.39, 0.29) is 5.84 Å². The van der Waals surface area contributed by atoms with Gasteiger partial charge >= 0.3 is 0 Å². The fraction of sp³-hybridized carbons (Fsp3) is 0.750. The first kappa shape index (κ1) is 11.1. The Morgan fingerprint density at radius 2 is 2.00 bits per heavy atom. The first-order valence-corrected chi connectivity index (χ1v) is 4.53. The number of oxime groups is 1. The van der Waals surface area contributed by atoms with Gasteiger partial charge in [0.15, 0.2) is 5.84 Å². The van der Waals surface area contributed by atoms with E-state index in [4.69, 9.17) is 10.9 Å². The van der Waals surface area contributed by atoms with Crippen molar-refractivity contribution in [2.45, 2.75) is 19.4 Å². The van der Waals surface area contributed by atoms with Crippen LogP contribution < -0.4 is 15.6 Å². The number of nitrogens with two attached hydrogens (primary N) is 2. The number of nitrogens with one attached hydrogen (secondary N) is 1. The molecule has 0 aromatic carbocycles. The van der Waals surface area contributed by atoms with Crippen LogP contribution in [0.25, 0.3) is 0 Å². The zero-order valence-corrected chi connectivity index (χ0v) is 7.59. The Kier molecular flexibility index (Phi) is 3.02. The van der Waals surface area contributed by atoms with Gasteiger partial charge in [0.2, 0.25) is 0 Å². The van der Waals surface area contributed by atoms with Gasteiger partial charge in [-0.25, -0.2) is 5.14 Å². The minimum Gasteiger partial charge on any atom is -0.409 e. The van der Waals surface area contributed by atoms with Crippen LogP contribution in [0.15, 0.2) is 5.16 Å². The maximum Gasteiger partial charge on any atom is 0.275 e. The summed E-state index contributed by atoms with van der Waals surface area (Å²) in [7, 11) is -3.86. The minimum absolute atomic E-state index is 0.267. The van der Waals surface area contributed by atoms with Crippen LogP contribution in [0.5, 0.6) is 0 Å². The molecular weight excluding hydrogens is 184 g/mol. The molecule has 12 heavy (non-hydrogen) atoms. The molecule has 0 bridgehead atoms. The summed E-state index contributed by atoms with van der Waals surface area (Å²) in [4.78, 5) is 0. The molecule has 0 spiro atoms. The quantitative estimate of drug-likeness (QED) is 0.185. The molecule has 0 amide bonds. The molecule has 0 fully saturated rings. The van der Waals surface area contributed by atoms with Crippen molar-refractivity contribution in [3.8, 4) is 0 Å². The van der Waals surface area contributed by atoms with E-state index >= 15 is 0 Å². The monoisotopic (exact) mass is 196 g/mol. The van der Waals surface area contributed by atoms with Crippen LogP contribution in [0.2, 0.25) is 0 Å². The zero-order chi connectivity index (χ0) is 9.99. The summed E-state index contributed by atoms with van der Waals surface area (Å²) in [6, 6.07) is 0. The van der Waals surface area contributed by atoms with Gasteiger partial charge in [-0.15, -0.1) is 0 Å². The largest absolute Gasteiger partial charge is 0.409 e. The third-order valence-electron chi connectivity index (χ3n) is 1.15. The van der Waals surface area contributed by atoms with Gasteiger partial charge in [0.1, 0.15) is 0 Å². The lowest BCUT2D eigenvalue weighted by atomic mass is 10.1. The average molecular weight is 196 g/mol. The molecule has 0 rings (SSSR count). The molecular formula is C4H12N4O3S. The zero-order valence-electron chi connectivity index (χ0n) is 6.77. The van der Waals surface area contributed by atoms with Gasteiger partial charge < -0.3 is 10.9 Å². The molecule has 0 aliphatic heterocycles. The van der Waals surface area contributed by atoms with Gasteiger partial charge in [-0.1, -0.05) is 5.16 Å². The number of rotatable bonds is 3. The van der Waals surface area contributed by atoms with Gasteiger partial charge in [-0.2, -0.15) is 13.1 Å². The van der Waals surface area contributed by atoms with E-state index in [1.54, 1.807) is 0 Å². The second-order valence-electron chi connectivity index (χ2n) is 2.76. The van der Waals surface area contributed by atoms with Crippen LogP contribution in [-0.2, 0) is 10.2 Å². The fourth-order valence-corrected chi connectivity index (χ4v) is 1.35. The van der Waals surface area contributed by atoms with Crippen molar-refractivity contribution in [2.24, 2.45) is 16.0 Å². The minimum atomic E-state index is -3.86. The van der Waals surface area contributed by atoms with Gasteiger partial charge in [0.25, 0.3) is 10.2 Å².